The highest BCUT2D eigenvalue weighted by molar-refractivity contribution is 5.88. The highest BCUT2D eigenvalue weighted by Gasteiger charge is 2.15. The van der Waals surface area contributed by atoms with E-state index < -0.39 is 0 Å². The first kappa shape index (κ1) is 14.5. The van der Waals surface area contributed by atoms with Crippen LogP contribution < -0.4 is 0 Å². The summed E-state index contributed by atoms with van der Waals surface area (Å²) in [4.78, 5) is 20.3. The van der Waals surface area contributed by atoms with Crippen LogP contribution in [0.3, 0.4) is 0 Å². The molecule has 0 fully saturated rings. The Hall–Kier alpha value is -1.91. The van der Waals surface area contributed by atoms with Crippen LogP contribution in [0.1, 0.15) is 61.5 Å². The molecule has 0 radical (unpaired) electrons. The number of carbonyl (C=O) groups is 1. The SMILES string of the molecule is CCCC(CCC)c1cn2cc(C(=O)OC)cnc2n1. The highest BCUT2D eigenvalue weighted by Crippen LogP contribution is 2.25. The van der Waals surface area contributed by atoms with Crippen LogP contribution in [0.5, 0.6) is 0 Å². The van der Waals surface area contributed by atoms with E-state index in [1.165, 1.54) is 13.3 Å². The van der Waals surface area contributed by atoms with Crippen LogP contribution in [0.2, 0.25) is 0 Å². The van der Waals surface area contributed by atoms with E-state index in [0.29, 0.717) is 17.3 Å². The van der Waals surface area contributed by atoms with Crippen LogP contribution in [0, 0.1) is 0 Å². The van der Waals surface area contributed by atoms with Gasteiger partial charge in [-0.25, -0.2) is 14.8 Å². The van der Waals surface area contributed by atoms with E-state index in [2.05, 4.69) is 23.8 Å². The number of nitrogens with zero attached hydrogens (tertiary/aromatic N) is 3. The molecule has 0 aliphatic rings. The quantitative estimate of drug-likeness (QED) is 0.760. The molecular weight excluding hydrogens is 254 g/mol. The molecule has 0 saturated carbocycles. The number of carbonyl (C=O) groups excluding carboxylic acids is 1. The molecule has 0 aliphatic heterocycles. The number of hydrogen-bond acceptors (Lipinski definition) is 4. The van der Waals surface area contributed by atoms with Crippen LogP contribution in [-0.2, 0) is 4.74 Å². The Balaban J connectivity index is 2.34. The van der Waals surface area contributed by atoms with E-state index in [9.17, 15) is 4.79 Å². The zero-order chi connectivity index (χ0) is 14.5. The molecule has 0 bridgehead atoms. The van der Waals surface area contributed by atoms with Gasteiger partial charge in [-0.2, -0.15) is 0 Å². The lowest BCUT2D eigenvalue weighted by Crippen LogP contribution is -2.03. The fourth-order valence-electron chi connectivity index (χ4n) is 2.46. The molecule has 0 spiro atoms. The normalized spacial score (nSPS) is 11.2. The number of imidazole rings is 1. The molecule has 20 heavy (non-hydrogen) atoms. The van der Waals surface area contributed by atoms with Gasteiger partial charge in [0.2, 0.25) is 5.78 Å². The second-order valence-corrected chi connectivity index (χ2v) is 4.98. The molecule has 0 saturated heterocycles. The fraction of sp³-hybridized carbons (Fsp3) is 0.533. The molecule has 2 aromatic heterocycles. The smallest absolute Gasteiger partial charge is 0.340 e. The van der Waals surface area contributed by atoms with Crippen LogP contribution in [0.4, 0.5) is 0 Å². The number of fused-ring (bicyclic) bond motifs is 1. The summed E-state index contributed by atoms with van der Waals surface area (Å²) in [6, 6.07) is 0. The topological polar surface area (TPSA) is 56.5 Å². The van der Waals surface area contributed by atoms with Gasteiger partial charge in [-0.3, -0.25) is 4.40 Å². The maximum absolute atomic E-state index is 11.5. The van der Waals surface area contributed by atoms with Crippen molar-refractivity contribution in [2.75, 3.05) is 7.11 Å². The van der Waals surface area contributed by atoms with Crippen molar-refractivity contribution in [3.05, 3.63) is 29.8 Å². The van der Waals surface area contributed by atoms with Crippen molar-refractivity contribution >= 4 is 11.7 Å². The van der Waals surface area contributed by atoms with E-state index in [0.717, 1.165) is 31.4 Å². The molecule has 2 heterocycles. The molecule has 0 unspecified atom stereocenters. The van der Waals surface area contributed by atoms with E-state index in [4.69, 9.17) is 4.74 Å². The van der Waals surface area contributed by atoms with Gasteiger partial charge in [0.1, 0.15) is 0 Å². The molecule has 0 atom stereocenters. The lowest BCUT2D eigenvalue weighted by molar-refractivity contribution is 0.0599. The fourth-order valence-corrected chi connectivity index (χ4v) is 2.46. The largest absolute Gasteiger partial charge is 0.465 e. The van der Waals surface area contributed by atoms with Gasteiger partial charge in [0.15, 0.2) is 0 Å². The first-order valence-corrected chi connectivity index (χ1v) is 7.12. The minimum absolute atomic E-state index is 0.381. The van der Waals surface area contributed by atoms with Crippen LogP contribution >= 0.6 is 0 Å². The number of esters is 1. The molecule has 2 rings (SSSR count). The summed E-state index contributed by atoms with van der Waals surface area (Å²) in [5, 5.41) is 0. The van der Waals surface area contributed by atoms with Crippen LogP contribution in [0.25, 0.3) is 5.78 Å². The Morgan fingerprint density at radius 2 is 2.00 bits per heavy atom. The van der Waals surface area contributed by atoms with Crippen molar-refractivity contribution in [3.63, 3.8) is 0 Å². The van der Waals surface area contributed by atoms with Gasteiger partial charge in [-0.15, -0.1) is 0 Å². The van der Waals surface area contributed by atoms with Crippen molar-refractivity contribution in [3.8, 4) is 0 Å². The molecule has 0 aromatic carbocycles. The zero-order valence-electron chi connectivity index (χ0n) is 12.3. The third-order valence-corrected chi connectivity index (χ3v) is 3.44. The standard InChI is InChI=1S/C15H21N3O2/c1-4-6-11(7-5-2)13-10-18-9-12(14(19)20-3)8-16-15(18)17-13/h8-11H,4-7H2,1-3H3. The Kier molecular flexibility index (Phi) is 4.71. The zero-order valence-corrected chi connectivity index (χ0v) is 12.3. The molecule has 2 aromatic rings. The molecular formula is C15H21N3O2. The average Bonchev–Trinajstić information content (AvgIpc) is 2.89. The molecule has 0 aliphatic carbocycles. The average molecular weight is 275 g/mol. The van der Waals surface area contributed by atoms with Crippen molar-refractivity contribution in [1.29, 1.82) is 0 Å². The molecule has 108 valence electrons. The number of hydrogen-bond donors (Lipinski definition) is 0. The predicted molar refractivity (Wildman–Crippen MR) is 76.9 cm³/mol. The Labute approximate surface area is 119 Å². The Bertz CT molecular complexity index is 586. The minimum Gasteiger partial charge on any atom is -0.465 e. The number of ether oxygens (including phenoxy) is 1. The van der Waals surface area contributed by atoms with Gasteiger partial charge in [-0.05, 0) is 12.8 Å². The Morgan fingerprint density at radius 3 is 2.60 bits per heavy atom. The summed E-state index contributed by atoms with van der Waals surface area (Å²) in [6.45, 7) is 4.37. The van der Waals surface area contributed by atoms with Crippen molar-refractivity contribution in [1.82, 2.24) is 14.4 Å². The van der Waals surface area contributed by atoms with Gasteiger partial charge in [0.25, 0.3) is 0 Å². The van der Waals surface area contributed by atoms with Crippen LogP contribution in [-0.4, -0.2) is 27.4 Å². The van der Waals surface area contributed by atoms with Crippen molar-refractivity contribution in [2.45, 2.75) is 45.4 Å². The predicted octanol–water partition coefficient (Wildman–Crippen LogP) is 3.20. The maximum atomic E-state index is 11.5. The maximum Gasteiger partial charge on any atom is 0.340 e. The summed E-state index contributed by atoms with van der Waals surface area (Å²) in [5.74, 6) is 0.714. The molecule has 5 nitrogen and oxygen atoms in total. The first-order valence-electron chi connectivity index (χ1n) is 7.12. The van der Waals surface area contributed by atoms with E-state index in [1.54, 1.807) is 10.6 Å². The van der Waals surface area contributed by atoms with Gasteiger partial charge in [0.05, 0.1) is 18.4 Å². The van der Waals surface area contributed by atoms with Crippen molar-refractivity contribution < 1.29 is 9.53 Å². The van der Waals surface area contributed by atoms with Crippen molar-refractivity contribution in [2.24, 2.45) is 0 Å². The minimum atomic E-state index is -0.381. The number of aromatic nitrogens is 3. The lowest BCUT2D eigenvalue weighted by Gasteiger charge is -2.11. The van der Waals surface area contributed by atoms with Gasteiger partial charge in [0, 0.05) is 24.5 Å². The van der Waals surface area contributed by atoms with E-state index >= 15 is 0 Å². The third-order valence-electron chi connectivity index (χ3n) is 3.44. The van der Waals surface area contributed by atoms with Gasteiger partial charge >= 0.3 is 5.97 Å². The summed E-state index contributed by atoms with van der Waals surface area (Å²) < 4.78 is 6.51. The van der Waals surface area contributed by atoms with E-state index in [-0.39, 0.29) is 5.97 Å². The second-order valence-electron chi connectivity index (χ2n) is 4.98. The lowest BCUT2D eigenvalue weighted by atomic mass is 9.95. The Morgan fingerprint density at radius 1 is 1.30 bits per heavy atom. The monoisotopic (exact) mass is 275 g/mol. The highest BCUT2D eigenvalue weighted by atomic mass is 16.5. The summed E-state index contributed by atoms with van der Waals surface area (Å²) in [6.07, 6.45) is 9.74. The summed E-state index contributed by atoms with van der Waals surface area (Å²) in [7, 11) is 1.37. The van der Waals surface area contributed by atoms with Gasteiger partial charge in [-0.1, -0.05) is 26.7 Å². The van der Waals surface area contributed by atoms with Gasteiger partial charge < -0.3 is 4.74 Å². The first-order chi connectivity index (χ1) is 9.69. The molecule has 0 amide bonds. The molecule has 5 heteroatoms. The van der Waals surface area contributed by atoms with Crippen LogP contribution in [0.15, 0.2) is 18.6 Å². The summed E-state index contributed by atoms with van der Waals surface area (Å²) >= 11 is 0. The third kappa shape index (κ3) is 2.98. The second kappa shape index (κ2) is 6.50. The van der Waals surface area contributed by atoms with E-state index in [1.807, 2.05) is 6.20 Å². The number of rotatable bonds is 6. The summed E-state index contributed by atoms with van der Waals surface area (Å²) in [5.41, 5.74) is 1.50. The molecule has 0 N–H and O–H groups in total. The number of methoxy groups -OCH3 is 1.